The number of ether oxygens (including phenoxy) is 1. The van der Waals surface area contributed by atoms with Crippen LogP contribution in [0.15, 0.2) is 47.4 Å². The van der Waals surface area contributed by atoms with Gasteiger partial charge in [-0.05, 0) is 113 Å². The highest BCUT2D eigenvalue weighted by molar-refractivity contribution is 7.82. The van der Waals surface area contributed by atoms with Gasteiger partial charge < -0.3 is 20.7 Å². The summed E-state index contributed by atoms with van der Waals surface area (Å²) >= 11 is 0. The number of rotatable bonds is 8. The number of carbonyl (C=O) groups is 1. The predicted octanol–water partition coefficient (Wildman–Crippen LogP) is 5.62. The number of hydrogen-bond acceptors (Lipinski definition) is 6. The largest absolute Gasteiger partial charge is 0.444 e. The van der Waals surface area contributed by atoms with Gasteiger partial charge in [-0.15, -0.1) is 0 Å². The molecule has 0 radical (unpaired) electrons. The molecule has 0 spiro atoms. The minimum atomic E-state index is -1.22. The third kappa shape index (κ3) is 8.20. The molecule has 0 aliphatic carbocycles. The van der Waals surface area contributed by atoms with E-state index in [1.807, 2.05) is 48.9 Å². The minimum absolute atomic E-state index is 0.0411. The van der Waals surface area contributed by atoms with Crippen LogP contribution in [0.2, 0.25) is 0 Å². The average molecular weight is 623 g/mol. The SMILES string of the molecule is Cn1nc(N)c2ccc(C3CCN(CC(C)(C)Cc4cccc(S(=O)N5CCC(NC(=O)OC(C)(C)C)CC5)c4)CC3)cc21. The Morgan fingerprint density at radius 2 is 1.73 bits per heavy atom. The highest BCUT2D eigenvalue weighted by Gasteiger charge is 2.29. The molecule has 9 nitrogen and oxygen atoms in total. The Hall–Kier alpha value is -2.95. The van der Waals surface area contributed by atoms with Gasteiger partial charge in [0.15, 0.2) is 5.82 Å². The maximum Gasteiger partial charge on any atom is 0.407 e. The Morgan fingerprint density at radius 3 is 2.41 bits per heavy atom. The van der Waals surface area contributed by atoms with Crippen LogP contribution in [-0.4, -0.2) is 73.7 Å². The quantitative estimate of drug-likeness (QED) is 0.338. The fraction of sp³-hybridized carbons (Fsp3) is 0.588. The zero-order chi connectivity index (χ0) is 31.6. The number of amides is 1. The summed E-state index contributed by atoms with van der Waals surface area (Å²) in [6.45, 7) is 14.8. The van der Waals surface area contributed by atoms with E-state index in [9.17, 15) is 9.00 Å². The van der Waals surface area contributed by atoms with Crippen LogP contribution < -0.4 is 11.1 Å². The summed E-state index contributed by atoms with van der Waals surface area (Å²) in [5.74, 6) is 1.15. The number of likely N-dealkylation sites (tertiary alicyclic amines) is 1. The number of carbonyl (C=O) groups excluding carboxylic acids is 1. The number of nitrogens with two attached hydrogens (primary N) is 1. The van der Waals surface area contributed by atoms with Gasteiger partial charge in [-0.2, -0.15) is 5.10 Å². The predicted molar refractivity (Wildman–Crippen MR) is 178 cm³/mol. The molecule has 1 aromatic heterocycles. The molecule has 44 heavy (non-hydrogen) atoms. The molecule has 2 saturated heterocycles. The highest BCUT2D eigenvalue weighted by Crippen LogP contribution is 2.33. The number of nitrogens with zero attached hydrogens (tertiary/aromatic N) is 4. The van der Waals surface area contributed by atoms with Gasteiger partial charge in [0.25, 0.3) is 0 Å². The number of nitrogens with one attached hydrogen (secondary N) is 1. The first-order valence-electron chi connectivity index (χ1n) is 16.0. The van der Waals surface area contributed by atoms with Crippen molar-refractivity contribution in [3.8, 4) is 0 Å². The summed E-state index contributed by atoms with van der Waals surface area (Å²) < 4.78 is 22.8. The van der Waals surface area contributed by atoms with Gasteiger partial charge in [-0.1, -0.05) is 32.0 Å². The molecule has 5 rings (SSSR count). The summed E-state index contributed by atoms with van der Waals surface area (Å²) in [4.78, 5) is 15.6. The van der Waals surface area contributed by atoms with E-state index >= 15 is 0 Å². The van der Waals surface area contributed by atoms with Gasteiger partial charge >= 0.3 is 6.09 Å². The van der Waals surface area contributed by atoms with Crippen molar-refractivity contribution >= 4 is 33.8 Å². The molecular weight excluding hydrogens is 572 g/mol. The fourth-order valence-electron chi connectivity index (χ4n) is 6.75. The average Bonchev–Trinajstić information content (AvgIpc) is 3.24. The molecule has 2 fully saturated rings. The van der Waals surface area contributed by atoms with Crippen molar-refractivity contribution in [3.05, 3.63) is 53.6 Å². The van der Waals surface area contributed by atoms with Crippen molar-refractivity contribution in [1.82, 2.24) is 24.3 Å². The Labute approximate surface area is 265 Å². The number of aryl methyl sites for hydroxylation is 1. The number of alkyl carbamates (subject to hydrolysis) is 1. The van der Waals surface area contributed by atoms with E-state index in [1.54, 1.807) is 0 Å². The number of anilines is 1. The zero-order valence-electron chi connectivity index (χ0n) is 27.3. The van der Waals surface area contributed by atoms with E-state index in [1.165, 1.54) is 11.1 Å². The van der Waals surface area contributed by atoms with Gasteiger partial charge in [0.05, 0.1) is 10.4 Å². The van der Waals surface area contributed by atoms with Crippen molar-refractivity contribution in [2.75, 3.05) is 38.5 Å². The monoisotopic (exact) mass is 622 g/mol. The lowest BCUT2D eigenvalue weighted by Crippen LogP contribution is -2.46. The fourth-order valence-corrected chi connectivity index (χ4v) is 8.04. The molecule has 2 aliphatic rings. The van der Waals surface area contributed by atoms with Crippen LogP contribution in [0.1, 0.15) is 77.3 Å². The van der Waals surface area contributed by atoms with Crippen LogP contribution in [0.4, 0.5) is 10.6 Å². The van der Waals surface area contributed by atoms with E-state index in [4.69, 9.17) is 10.5 Å². The molecule has 240 valence electrons. The zero-order valence-corrected chi connectivity index (χ0v) is 28.1. The van der Waals surface area contributed by atoms with Crippen LogP contribution in [0.25, 0.3) is 10.9 Å². The molecule has 1 atom stereocenters. The second-order valence-electron chi connectivity index (χ2n) is 14.4. The van der Waals surface area contributed by atoms with Gasteiger partial charge in [0.2, 0.25) is 0 Å². The first-order valence-corrected chi connectivity index (χ1v) is 17.1. The molecule has 0 bridgehead atoms. The van der Waals surface area contributed by atoms with Gasteiger partial charge in [-0.3, -0.25) is 4.68 Å². The number of hydrogen-bond donors (Lipinski definition) is 2. The molecular formula is C34H50N6O3S. The molecule has 1 unspecified atom stereocenters. The number of benzene rings is 2. The third-order valence-electron chi connectivity index (χ3n) is 8.81. The van der Waals surface area contributed by atoms with Crippen molar-refractivity contribution < 1.29 is 13.7 Å². The topological polar surface area (TPSA) is 106 Å². The van der Waals surface area contributed by atoms with E-state index in [-0.39, 0.29) is 17.6 Å². The molecule has 0 saturated carbocycles. The van der Waals surface area contributed by atoms with Crippen molar-refractivity contribution in [1.29, 1.82) is 0 Å². The van der Waals surface area contributed by atoms with Crippen LogP contribution in [0, 0.1) is 5.41 Å². The second kappa shape index (κ2) is 13.2. The lowest BCUT2D eigenvalue weighted by Gasteiger charge is -2.38. The smallest absolute Gasteiger partial charge is 0.407 e. The van der Waals surface area contributed by atoms with E-state index in [0.717, 1.165) is 67.5 Å². The summed E-state index contributed by atoms with van der Waals surface area (Å²) in [6, 6.07) is 14.9. The second-order valence-corrected chi connectivity index (χ2v) is 15.9. The van der Waals surface area contributed by atoms with Gasteiger partial charge in [0.1, 0.15) is 16.6 Å². The van der Waals surface area contributed by atoms with Crippen LogP contribution in [-0.2, 0) is 29.2 Å². The minimum Gasteiger partial charge on any atom is -0.444 e. The van der Waals surface area contributed by atoms with Crippen LogP contribution in [0.3, 0.4) is 0 Å². The maximum atomic E-state index is 13.5. The molecule has 1 amide bonds. The van der Waals surface area contributed by atoms with Crippen LogP contribution >= 0.6 is 0 Å². The van der Waals surface area contributed by atoms with Gasteiger partial charge in [0, 0.05) is 38.1 Å². The number of piperidine rings is 2. The Bertz CT molecular complexity index is 1480. The highest BCUT2D eigenvalue weighted by atomic mass is 32.2. The molecule has 2 aromatic carbocycles. The molecule has 3 heterocycles. The Balaban J connectivity index is 1.11. The Kier molecular flexibility index (Phi) is 9.72. The Morgan fingerprint density at radius 1 is 1.02 bits per heavy atom. The van der Waals surface area contributed by atoms with Crippen molar-refractivity contribution in [3.63, 3.8) is 0 Å². The summed E-state index contributed by atoms with van der Waals surface area (Å²) in [7, 11) is 0.732. The summed E-state index contributed by atoms with van der Waals surface area (Å²) in [5.41, 5.74) is 9.33. The van der Waals surface area contributed by atoms with Crippen molar-refractivity contribution in [2.45, 2.75) is 89.2 Å². The first kappa shape index (κ1) is 32.4. The molecule has 10 heteroatoms. The lowest BCUT2D eigenvalue weighted by molar-refractivity contribution is 0.0490. The lowest BCUT2D eigenvalue weighted by atomic mass is 9.83. The summed E-state index contributed by atoms with van der Waals surface area (Å²) in [6.07, 6.45) is 4.34. The maximum absolute atomic E-state index is 13.5. The third-order valence-corrected chi connectivity index (χ3v) is 10.3. The molecule has 3 N–H and O–H groups in total. The number of aromatic nitrogens is 2. The first-order chi connectivity index (χ1) is 20.8. The standard InChI is InChI=1S/C34H50N6O3S/c1-33(2,3)43-32(41)36-27-14-18-40(19-15-27)44(42)28-9-7-8-24(20-28)22-34(4,5)23-39-16-12-25(13-17-39)26-10-11-29-30(21-26)38(6)37-31(29)35/h7-11,20-21,25,27H,12-19,22-23H2,1-6H3,(H2,35,37)(H,36,41). The van der Waals surface area contributed by atoms with E-state index < -0.39 is 16.6 Å². The van der Waals surface area contributed by atoms with E-state index in [0.29, 0.717) is 24.8 Å². The van der Waals surface area contributed by atoms with Crippen molar-refractivity contribution in [2.24, 2.45) is 12.5 Å². The molecule has 3 aromatic rings. The van der Waals surface area contributed by atoms with Crippen LogP contribution in [0.5, 0.6) is 0 Å². The normalized spacial score (nSPS) is 18.9. The number of fused-ring (bicyclic) bond motifs is 1. The van der Waals surface area contributed by atoms with E-state index in [2.05, 4.69) is 59.5 Å². The molecule has 2 aliphatic heterocycles. The number of nitrogen functional groups attached to an aromatic ring is 1. The van der Waals surface area contributed by atoms with Gasteiger partial charge in [-0.25, -0.2) is 13.3 Å². The summed E-state index contributed by atoms with van der Waals surface area (Å²) in [5, 5.41) is 8.37.